The molecule has 2 aromatic heterocycles. The molecule has 1 N–H and O–H groups in total. The highest BCUT2D eigenvalue weighted by Gasteiger charge is 2.24. The number of anilines is 2. The molecule has 0 saturated carbocycles. The number of carbonyl (C=O) groups is 2. The summed E-state index contributed by atoms with van der Waals surface area (Å²) in [7, 11) is 0. The van der Waals surface area contributed by atoms with Gasteiger partial charge < -0.3 is 19.9 Å². The quantitative estimate of drug-likeness (QED) is 0.498. The maximum absolute atomic E-state index is 13.1. The number of nitrogens with zero attached hydrogens (tertiary/aromatic N) is 5. The molecule has 9 nitrogen and oxygen atoms in total. The summed E-state index contributed by atoms with van der Waals surface area (Å²) in [5.41, 5.74) is 2.27. The Kier molecular flexibility index (Phi) is 8.31. The third kappa shape index (κ3) is 6.88. The van der Waals surface area contributed by atoms with E-state index in [1.165, 1.54) is 43.3 Å². The smallest absolute Gasteiger partial charge is 0.391 e. The topological polar surface area (TPSA) is 90.9 Å². The molecule has 0 bridgehead atoms. The minimum absolute atomic E-state index is 0.150. The van der Waals surface area contributed by atoms with E-state index in [1.54, 1.807) is 23.1 Å². The number of carbonyl (C=O) groups excluding carboxylic acids is 2. The Morgan fingerprint density at radius 1 is 0.949 bits per heavy atom. The van der Waals surface area contributed by atoms with Crippen LogP contribution in [0.15, 0.2) is 60.9 Å². The van der Waals surface area contributed by atoms with Crippen LogP contribution in [-0.4, -0.2) is 70.5 Å². The minimum atomic E-state index is -0.495. The highest BCUT2D eigenvalue weighted by atomic mass is 19.1. The van der Waals surface area contributed by atoms with Crippen LogP contribution in [0.25, 0.3) is 0 Å². The maximum atomic E-state index is 13.1. The van der Waals surface area contributed by atoms with Crippen molar-refractivity contribution < 1.29 is 18.7 Å². The van der Waals surface area contributed by atoms with Crippen molar-refractivity contribution in [2.24, 2.45) is 0 Å². The van der Waals surface area contributed by atoms with Crippen LogP contribution in [0.3, 0.4) is 0 Å². The molecular weight excluding hydrogens is 499 g/mol. The molecule has 5 rings (SSSR count). The molecule has 4 heterocycles. The molecule has 39 heavy (non-hydrogen) atoms. The van der Waals surface area contributed by atoms with Crippen molar-refractivity contribution in [3.05, 3.63) is 77.9 Å². The van der Waals surface area contributed by atoms with Crippen LogP contribution in [-0.2, 0) is 6.54 Å². The van der Waals surface area contributed by atoms with E-state index in [2.05, 4.69) is 27.1 Å². The summed E-state index contributed by atoms with van der Waals surface area (Å²) in [5.74, 6) is 0.211. The summed E-state index contributed by atoms with van der Waals surface area (Å²) in [5, 5.41) is 2.84. The van der Waals surface area contributed by atoms with Crippen LogP contribution in [0.1, 0.15) is 42.1 Å². The molecule has 2 aliphatic heterocycles. The SMILES string of the molecule is CC1CCCCN1Cc1ccc(C(=O)Nc2ccc(OC(=O)N3CCN(c4ccc(F)cn4)CC3)nc2)cc1. The molecular formula is C29H33FN6O3. The predicted molar refractivity (Wildman–Crippen MR) is 146 cm³/mol. The predicted octanol–water partition coefficient (Wildman–Crippen LogP) is 4.56. The molecule has 2 saturated heterocycles. The normalized spacial score (nSPS) is 18.1. The number of likely N-dealkylation sites (tertiary alicyclic amines) is 1. The number of nitrogens with one attached hydrogen (secondary N) is 1. The Hall–Kier alpha value is -4.05. The van der Waals surface area contributed by atoms with E-state index in [1.807, 2.05) is 29.2 Å². The van der Waals surface area contributed by atoms with Gasteiger partial charge in [-0.3, -0.25) is 9.69 Å². The monoisotopic (exact) mass is 532 g/mol. The van der Waals surface area contributed by atoms with Gasteiger partial charge in [0.05, 0.1) is 18.1 Å². The lowest BCUT2D eigenvalue weighted by Crippen LogP contribution is -2.49. The zero-order chi connectivity index (χ0) is 27.2. The van der Waals surface area contributed by atoms with Crippen molar-refractivity contribution in [2.45, 2.75) is 38.8 Å². The molecule has 204 valence electrons. The second-order valence-corrected chi connectivity index (χ2v) is 10.0. The molecule has 1 unspecified atom stereocenters. The number of hydrogen-bond acceptors (Lipinski definition) is 7. The average molecular weight is 533 g/mol. The number of piperidine rings is 1. The van der Waals surface area contributed by atoms with Crippen molar-refractivity contribution in [2.75, 3.05) is 42.9 Å². The van der Waals surface area contributed by atoms with Gasteiger partial charge in [0, 0.05) is 50.4 Å². The Balaban J connectivity index is 1.08. The van der Waals surface area contributed by atoms with Gasteiger partial charge >= 0.3 is 6.09 Å². The maximum Gasteiger partial charge on any atom is 0.416 e. The molecule has 1 atom stereocenters. The van der Waals surface area contributed by atoms with Gasteiger partial charge in [-0.25, -0.2) is 19.2 Å². The number of hydrogen-bond donors (Lipinski definition) is 1. The van der Waals surface area contributed by atoms with Crippen LogP contribution < -0.4 is 15.0 Å². The first kappa shape index (κ1) is 26.6. The van der Waals surface area contributed by atoms with E-state index in [0.717, 1.165) is 13.1 Å². The van der Waals surface area contributed by atoms with Gasteiger partial charge in [0.25, 0.3) is 5.91 Å². The zero-order valence-corrected chi connectivity index (χ0v) is 22.1. The average Bonchev–Trinajstić information content (AvgIpc) is 2.96. The van der Waals surface area contributed by atoms with E-state index in [0.29, 0.717) is 49.3 Å². The number of amides is 2. The lowest BCUT2D eigenvalue weighted by atomic mass is 10.0. The van der Waals surface area contributed by atoms with E-state index >= 15 is 0 Å². The summed E-state index contributed by atoms with van der Waals surface area (Å²) >= 11 is 0. The molecule has 3 aromatic rings. The number of pyridine rings is 2. The fourth-order valence-corrected chi connectivity index (χ4v) is 4.93. The number of halogens is 1. The van der Waals surface area contributed by atoms with Crippen LogP contribution in [0.4, 0.5) is 20.7 Å². The summed E-state index contributed by atoms with van der Waals surface area (Å²) < 4.78 is 18.5. The van der Waals surface area contributed by atoms with Gasteiger partial charge in [0.2, 0.25) is 5.88 Å². The second-order valence-electron chi connectivity index (χ2n) is 10.0. The number of ether oxygens (including phenoxy) is 1. The Morgan fingerprint density at radius 2 is 1.74 bits per heavy atom. The first-order valence-corrected chi connectivity index (χ1v) is 13.4. The second kappa shape index (κ2) is 12.2. The molecule has 0 radical (unpaired) electrons. The van der Waals surface area contributed by atoms with E-state index in [4.69, 9.17) is 4.74 Å². The van der Waals surface area contributed by atoms with Gasteiger partial charge in [0.1, 0.15) is 11.6 Å². The third-order valence-corrected chi connectivity index (χ3v) is 7.30. The number of benzene rings is 1. The fraction of sp³-hybridized carbons (Fsp3) is 0.379. The van der Waals surface area contributed by atoms with E-state index in [-0.39, 0.29) is 17.6 Å². The van der Waals surface area contributed by atoms with Gasteiger partial charge in [0.15, 0.2) is 0 Å². The molecule has 0 spiro atoms. The van der Waals surface area contributed by atoms with Crippen molar-refractivity contribution in [1.29, 1.82) is 0 Å². The van der Waals surface area contributed by atoms with Gasteiger partial charge in [-0.2, -0.15) is 0 Å². The molecule has 10 heteroatoms. The molecule has 2 aliphatic rings. The number of piperazine rings is 1. The molecule has 1 aromatic carbocycles. The Labute approximate surface area is 227 Å². The van der Waals surface area contributed by atoms with Crippen LogP contribution in [0.2, 0.25) is 0 Å². The Bertz CT molecular complexity index is 1260. The zero-order valence-electron chi connectivity index (χ0n) is 22.1. The number of aromatic nitrogens is 2. The highest BCUT2D eigenvalue weighted by molar-refractivity contribution is 6.04. The van der Waals surface area contributed by atoms with Crippen molar-refractivity contribution in [3.8, 4) is 5.88 Å². The van der Waals surface area contributed by atoms with Crippen LogP contribution in [0, 0.1) is 5.82 Å². The van der Waals surface area contributed by atoms with Crippen molar-refractivity contribution >= 4 is 23.5 Å². The standard InChI is InChI=1S/C29H33FN6O3/c1-21-4-2-3-13-36(21)20-22-5-7-23(8-6-22)28(37)33-25-10-12-27(32-19-25)39-29(38)35-16-14-34(15-17-35)26-11-9-24(30)18-31-26/h5-12,18-19,21H,2-4,13-17,20H2,1H3,(H,33,37). The largest absolute Gasteiger partial charge is 0.416 e. The first-order chi connectivity index (χ1) is 18.9. The highest BCUT2D eigenvalue weighted by Crippen LogP contribution is 2.20. The van der Waals surface area contributed by atoms with Gasteiger partial charge in [-0.05, 0) is 62.2 Å². The van der Waals surface area contributed by atoms with Crippen LogP contribution >= 0.6 is 0 Å². The van der Waals surface area contributed by atoms with E-state index in [9.17, 15) is 14.0 Å². The molecule has 2 amide bonds. The van der Waals surface area contributed by atoms with Crippen LogP contribution in [0.5, 0.6) is 5.88 Å². The van der Waals surface area contributed by atoms with E-state index < -0.39 is 6.09 Å². The summed E-state index contributed by atoms with van der Waals surface area (Å²) in [6.07, 6.45) is 5.92. The summed E-state index contributed by atoms with van der Waals surface area (Å²) in [6, 6.07) is 14.5. The summed E-state index contributed by atoms with van der Waals surface area (Å²) in [6.45, 7) is 6.30. The Morgan fingerprint density at radius 3 is 2.41 bits per heavy atom. The lowest BCUT2D eigenvalue weighted by molar-refractivity contribution is 0.102. The number of rotatable bonds is 6. The minimum Gasteiger partial charge on any atom is -0.391 e. The van der Waals surface area contributed by atoms with Gasteiger partial charge in [-0.1, -0.05) is 18.6 Å². The lowest BCUT2D eigenvalue weighted by Gasteiger charge is -2.34. The molecule has 2 fully saturated rings. The summed E-state index contributed by atoms with van der Waals surface area (Å²) in [4.78, 5) is 39.6. The van der Waals surface area contributed by atoms with Crippen molar-refractivity contribution in [3.63, 3.8) is 0 Å². The molecule has 0 aliphatic carbocycles. The first-order valence-electron chi connectivity index (χ1n) is 13.4. The third-order valence-electron chi connectivity index (χ3n) is 7.30. The van der Waals surface area contributed by atoms with Gasteiger partial charge in [-0.15, -0.1) is 0 Å². The fourth-order valence-electron chi connectivity index (χ4n) is 4.93. The van der Waals surface area contributed by atoms with Crippen molar-refractivity contribution in [1.82, 2.24) is 19.8 Å².